The Balaban J connectivity index is 1.92. The first kappa shape index (κ1) is 13.3. The van der Waals surface area contributed by atoms with Gasteiger partial charge in [-0.15, -0.1) is 0 Å². The third-order valence-corrected chi connectivity index (χ3v) is 3.59. The number of allylic oxidation sites excluding steroid dienone is 1. The molecule has 98 valence electrons. The van der Waals surface area contributed by atoms with Crippen molar-refractivity contribution in [1.29, 1.82) is 0 Å². The van der Waals surface area contributed by atoms with Crippen LogP contribution in [0, 0.1) is 5.92 Å². The summed E-state index contributed by atoms with van der Waals surface area (Å²) in [6.45, 7) is 2.61. The van der Waals surface area contributed by atoms with Crippen molar-refractivity contribution < 1.29 is 4.74 Å². The van der Waals surface area contributed by atoms with Gasteiger partial charge in [-0.2, -0.15) is 0 Å². The molecule has 3 nitrogen and oxygen atoms in total. The second-order valence-electron chi connectivity index (χ2n) is 4.64. The molecule has 2 rings (SSSR count). The fourth-order valence-electron chi connectivity index (χ4n) is 2.45. The lowest BCUT2D eigenvalue weighted by molar-refractivity contribution is 0.333. The lowest BCUT2D eigenvalue weighted by Crippen LogP contribution is -2.14. The molecule has 1 aliphatic carbocycles. The Labute approximate surface area is 113 Å². The minimum absolute atomic E-state index is 0.487. The zero-order valence-corrected chi connectivity index (χ0v) is 11.4. The standard InChI is InChI=1S/C14H19ClN2O/c1-2-18-13-9-16-14(17-10-13)12-5-3-11(4-6-12)7-8-15/h7-12H,2-6H2,1H3/b8-7+. The van der Waals surface area contributed by atoms with Gasteiger partial charge in [0.2, 0.25) is 0 Å². The molecule has 0 saturated heterocycles. The first-order valence-corrected chi connectivity index (χ1v) is 6.98. The summed E-state index contributed by atoms with van der Waals surface area (Å²) >= 11 is 5.62. The number of hydrogen-bond acceptors (Lipinski definition) is 3. The summed E-state index contributed by atoms with van der Waals surface area (Å²) in [7, 11) is 0. The van der Waals surface area contributed by atoms with Crippen LogP contribution < -0.4 is 4.74 Å². The van der Waals surface area contributed by atoms with Crippen molar-refractivity contribution >= 4 is 11.6 Å². The van der Waals surface area contributed by atoms with Gasteiger partial charge in [0.15, 0.2) is 5.75 Å². The zero-order valence-electron chi connectivity index (χ0n) is 10.7. The molecule has 0 spiro atoms. The molecule has 1 aromatic rings. The van der Waals surface area contributed by atoms with Gasteiger partial charge >= 0.3 is 0 Å². The van der Waals surface area contributed by atoms with Crippen LogP contribution in [0.2, 0.25) is 0 Å². The highest BCUT2D eigenvalue weighted by Crippen LogP contribution is 2.34. The average molecular weight is 267 g/mol. The largest absolute Gasteiger partial charge is 0.491 e. The Morgan fingerprint density at radius 2 is 1.94 bits per heavy atom. The molecule has 0 amide bonds. The molecule has 0 bridgehead atoms. The minimum atomic E-state index is 0.487. The van der Waals surface area contributed by atoms with Gasteiger partial charge in [0, 0.05) is 11.5 Å². The highest BCUT2D eigenvalue weighted by atomic mass is 35.5. The maximum atomic E-state index is 5.62. The molecule has 0 atom stereocenters. The van der Waals surface area contributed by atoms with Gasteiger partial charge in [-0.3, -0.25) is 0 Å². The van der Waals surface area contributed by atoms with Gasteiger partial charge in [-0.25, -0.2) is 9.97 Å². The molecule has 1 fully saturated rings. The summed E-state index contributed by atoms with van der Waals surface area (Å²) in [6, 6.07) is 0. The molecule has 4 heteroatoms. The third-order valence-electron chi connectivity index (χ3n) is 3.44. The molecule has 0 unspecified atom stereocenters. The third kappa shape index (κ3) is 3.45. The molecule has 0 aromatic carbocycles. The van der Waals surface area contributed by atoms with Crippen molar-refractivity contribution in [2.75, 3.05) is 6.61 Å². The molecule has 1 aliphatic rings. The second-order valence-corrected chi connectivity index (χ2v) is 4.89. The van der Waals surface area contributed by atoms with E-state index in [1.165, 1.54) is 12.8 Å². The number of halogens is 1. The van der Waals surface area contributed by atoms with Crippen LogP contribution in [0.4, 0.5) is 0 Å². The number of nitrogens with zero attached hydrogens (tertiary/aromatic N) is 2. The van der Waals surface area contributed by atoms with E-state index in [0.717, 1.165) is 24.4 Å². The molecule has 1 aromatic heterocycles. The highest BCUT2D eigenvalue weighted by molar-refractivity contribution is 6.25. The fraction of sp³-hybridized carbons (Fsp3) is 0.571. The van der Waals surface area contributed by atoms with E-state index in [9.17, 15) is 0 Å². The zero-order chi connectivity index (χ0) is 12.8. The topological polar surface area (TPSA) is 35.0 Å². The highest BCUT2D eigenvalue weighted by Gasteiger charge is 2.22. The summed E-state index contributed by atoms with van der Waals surface area (Å²) < 4.78 is 5.35. The summed E-state index contributed by atoms with van der Waals surface area (Å²) in [5, 5.41) is 0. The lowest BCUT2D eigenvalue weighted by atomic mass is 9.82. The first-order valence-electron chi connectivity index (χ1n) is 6.55. The Kier molecular flexibility index (Phi) is 5.00. The number of rotatable bonds is 4. The maximum absolute atomic E-state index is 5.62. The molecule has 0 radical (unpaired) electrons. The Bertz CT molecular complexity index is 383. The van der Waals surface area contributed by atoms with Crippen LogP contribution in [0.25, 0.3) is 0 Å². The van der Waals surface area contributed by atoms with Crippen LogP contribution in [0.15, 0.2) is 24.0 Å². The average Bonchev–Trinajstić information content (AvgIpc) is 2.41. The lowest BCUT2D eigenvalue weighted by Gasteiger charge is -2.25. The van der Waals surface area contributed by atoms with Crippen LogP contribution in [-0.4, -0.2) is 16.6 Å². The van der Waals surface area contributed by atoms with Crippen molar-refractivity contribution in [3.63, 3.8) is 0 Å². The van der Waals surface area contributed by atoms with Crippen LogP contribution in [0.3, 0.4) is 0 Å². The molecule has 1 saturated carbocycles. The number of ether oxygens (including phenoxy) is 1. The van der Waals surface area contributed by atoms with Gasteiger partial charge in [0.1, 0.15) is 5.82 Å². The van der Waals surface area contributed by atoms with Crippen molar-refractivity contribution in [2.45, 2.75) is 38.5 Å². The fourth-order valence-corrected chi connectivity index (χ4v) is 2.66. The van der Waals surface area contributed by atoms with Gasteiger partial charge in [0.05, 0.1) is 19.0 Å². The van der Waals surface area contributed by atoms with Crippen LogP contribution in [-0.2, 0) is 0 Å². The van der Waals surface area contributed by atoms with E-state index in [2.05, 4.69) is 16.0 Å². The van der Waals surface area contributed by atoms with Gasteiger partial charge in [0.25, 0.3) is 0 Å². The Hall–Kier alpha value is -1.09. The van der Waals surface area contributed by atoms with Crippen molar-refractivity contribution in [3.05, 3.63) is 29.8 Å². The number of aromatic nitrogens is 2. The molecule has 0 aliphatic heterocycles. The first-order chi connectivity index (χ1) is 8.83. The minimum Gasteiger partial charge on any atom is -0.491 e. The summed E-state index contributed by atoms with van der Waals surface area (Å²) in [6.07, 6.45) is 10.3. The number of hydrogen-bond donors (Lipinski definition) is 0. The van der Waals surface area contributed by atoms with E-state index in [-0.39, 0.29) is 0 Å². The van der Waals surface area contributed by atoms with E-state index in [1.54, 1.807) is 17.9 Å². The normalized spacial score (nSPS) is 24.3. The van der Waals surface area contributed by atoms with E-state index >= 15 is 0 Å². The molecule has 1 heterocycles. The van der Waals surface area contributed by atoms with E-state index in [0.29, 0.717) is 18.4 Å². The quantitative estimate of drug-likeness (QED) is 0.829. The summed E-state index contributed by atoms with van der Waals surface area (Å²) in [5.41, 5.74) is 1.64. The Morgan fingerprint density at radius 1 is 1.28 bits per heavy atom. The van der Waals surface area contributed by atoms with Crippen molar-refractivity contribution in [3.8, 4) is 5.75 Å². The predicted molar refractivity (Wildman–Crippen MR) is 72.9 cm³/mol. The van der Waals surface area contributed by atoms with Crippen LogP contribution in [0.1, 0.15) is 44.3 Å². The van der Waals surface area contributed by atoms with Gasteiger partial charge < -0.3 is 4.74 Å². The molecule has 18 heavy (non-hydrogen) atoms. The smallest absolute Gasteiger partial charge is 0.155 e. The second kappa shape index (κ2) is 6.74. The van der Waals surface area contributed by atoms with Crippen molar-refractivity contribution in [1.82, 2.24) is 9.97 Å². The Morgan fingerprint density at radius 3 is 2.50 bits per heavy atom. The predicted octanol–water partition coefficient (Wildman–Crippen LogP) is 3.90. The molecular weight excluding hydrogens is 248 g/mol. The molecule has 0 N–H and O–H groups in total. The summed E-state index contributed by atoms with van der Waals surface area (Å²) in [5.74, 6) is 2.81. The van der Waals surface area contributed by atoms with Gasteiger partial charge in [-0.1, -0.05) is 17.7 Å². The van der Waals surface area contributed by atoms with E-state index in [1.807, 2.05) is 6.92 Å². The van der Waals surface area contributed by atoms with Crippen LogP contribution in [0.5, 0.6) is 5.75 Å². The monoisotopic (exact) mass is 266 g/mol. The van der Waals surface area contributed by atoms with E-state index < -0.39 is 0 Å². The summed E-state index contributed by atoms with van der Waals surface area (Å²) in [4.78, 5) is 8.82. The van der Waals surface area contributed by atoms with Gasteiger partial charge in [-0.05, 0) is 38.5 Å². The van der Waals surface area contributed by atoms with Crippen LogP contribution >= 0.6 is 11.6 Å². The van der Waals surface area contributed by atoms with Crippen molar-refractivity contribution in [2.24, 2.45) is 5.92 Å². The SMILES string of the molecule is CCOc1cnc(C2CCC(/C=C/Cl)CC2)nc1. The maximum Gasteiger partial charge on any atom is 0.155 e. The van der Waals surface area contributed by atoms with E-state index in [4.69, 9.17) is 16.3 Å². The molecular formula is C14H19ClN2O.